The van der Waals surface area contributed by atoms with Gasteiger partial charge in [-0.25, -0.2) is 4.98 Å². The van der Waals surface area contributed by atoms with E-state index in [2.05, 4.69) is 20.6 Å². The first-order valence-corrected chi connectivity index (χ1v) is 10.3. The highest BCUT2D eigenvalue weighted by molar-refractivity contribution is 5.94. The molecule has 1 saturated heterocycles. The summed E-state index contributed by atoms with van der Waals surface area (Å²) in [5, 5.41) is 6.45. The zero-order valence-electron chi connectivity index (χ0n) is 18.4. The van der Waals surface area contributed by atoms with Crippen LogP contribution in [0.1, 0.15) is 47.1 Å². The van der Waals surface area contributed by atoms with Crippen molar-refractivity contribution < 1.29 is 13.9 Å². The molecule has 1 amide bonds. The third-order valence-corrected chi connectivity index (χ3v) is 5.07. The van der Waals surface area contributed by atoms with E-state index >= 15 is 0 Å². The standard InChI is InChI=1S/C22H31N5O3/c1-14-12-27(13-15(2)29-14)21(28)19-8-6-18(7-9-19)10-24-22(23-5)25-11-20-26-16(3)17(4)30-20/h6-9,14-15H,10-13H2,1-5H3,(H2,23,24,25). The van der Waals surface area contributed by atoms with Gasteiger partial charge in [-0.2, -0.15) is 0 Å². The van der Waals surface area contributed by atoms with Crippen molar-refractivity contribution in [3.63, 3.8) is 0 Å². The van der Waals surface area contributed by atoms with Crippen LogP contribution in [0.5, 0.6) is 0 Å². The lowest BCUT2D eigenvalue weighted by molar-refractivity contribution is -0.0586. The Kier molecular flexibility index (Phi) is 7.10. The molecule has 0 spiro atoms. The summed E-state index contributed by atoms with van der Waals surface area (Å²) in [6.07, 6.45) is 0.120. The Hall–Kier alpha value is -2.87. The number of morpholine rings is 1. The van der Waals surface area contributed by atoms with E-state index in [1.54, 1.807) is 7.05 Å². The van der Waals surface area contributed by atoms with Crippen LogP contribution in [0, 0.1) is 13.8 Å². The summed E-state index contributed by atoms with van der Waals surface area (Å²) in [6.45, 7) is 10.1. The van der Waals surface area contributed by atoms with Gasteiger partial charge in [-0.1, -0.05) is 12.1 Å². The van der Waals surface area contributed by atoms with Crippen LogP contribution in [0.2, 0.25) is 0 Å². The molecular weight excluding hydrogens is 382 g/mol. The molecule has 2 heterocycles. The number of aryl methyl sites for hydroxylation is 2. The molecule has 1 aromatic carbocycles. The van der Waals surface area contributed by atoms with Crippen LogP contribution in [0.3, 0.4) is 0 Å². The quantitative estimate of drug-likeness (QED) is 0.578. The molecule has 2 atom stereocenters. The zero-order valence-corrected chi connectivity index (χ0v) is 18.4. The number of hydrogen-bond acceptors (Lipinski definition) is 5. The van der Waals surface area contributed by atoms with Crippen molar-refractivity contribution in [3.05, 3.63) is 52.7 Å². The van der Waals surface area contributed by atoms with Gasteiger partial charge in [0.05, 0.1) is 24.4 Å². The number of hydrogen-bond donors (Lipinski definition) is 2. The van der Waals surface area contributed by atoms with Crippen molar-refractivity contribution in [2.45, 2.75) is 53.0 Å². The number of guanidine groups is 1. The van der Waals surface area contributed by atoms with Gasteiger partial charge in [-0.15, -0.1) is 0 Å². The second-order valence-corrected chi connectivity index (χ2v) is 7.69. The number of aliphatic imine (C=N–C) groups is 1. The third-order valence-electron chi connectivity index (χ3n) is 5.07. The Bertz CT molecular complexity index is 861. The minimum atomic E-state index is 0.0468. The molecule has 2 aromatic rings. The Morgan fingerprint density at radius 1 is 1.13 bits per heavy atom. The highest BCUT2D eigenvalue weighted by atomic mass is 16.5. The summed E-state index contributed by atoms with van der Waals surface area (Å²) in [4.78, 5) is 23.2. The topological polar surface area (TPSA) is 92.0 Å². The van der Waals surface area contributed by atoms with Crippen LogP contribution in [0.4, 0.5) is 0 Å². The second-order valence-electron chi connectivity index (χ2n) is 7.69. The monoisotopic (exact) mass is 413 g/mol. The van der Waals surface area contributed by atoms with Crippen molar-refractivity contribution in [1.82, 2.24) is 20.5 Å². The molecule has 162 valence electrons. The highest BCUT2D eigenvalue weighted by Gasteiger charge is 2.26. The summed E-state index contributed by atoms with van der Waals surface area (Å²) in [7, 11) is 1.72. The van der Waals surface area contributed by atoms with E-state index in [0.29, 0.717) is 43.6 Å². The summed E-state index contributed by atoms with van der Waals surface area (Å²) in [5.41, 5.74) is 2.64. The highest BCUT2D eigenvalue weighted by Crippen LogP contribution is 2.15. The minimum Gasteiger partial charge on any atom is -0.444 e. The number of benzene rings is 1. The molecular formula is C22H31N5O3. The summed E-state index contributed by atoms with van der Waals surface area (Å²) >= 11 is 0. The van der Waals surface area contributed by atoms with E-state index in [4.69, 9.17) is 9.15 Å². The van der Waals surface area contributed by atoms with Gasteiger partial charge in [0.1, 0.15) is 5.76 Å². The van der Waals surface area contributed by atoms with Gasteiger partial charge in [0.25, 0.3) is 5.91 Å². The molecule has 1 aromatic heterocycles. The molecule has 3 rings (SSSR count). The molecule has 8 heteroatoms. The number of ether oxygens (including phenoxy) is 1. The lowest BCUT2D eigenvalue weighted by Gasteiger charge is -2.35. The molecule has 0 radical (unpaired) electrons. The maximum absolute atomic E-state index is 12.8. The van der Waals surface area contributed by atoms with E-state index < -0.39 is 0 Å². The SMILES string of the molecule is CN=C(NCc1ccc(C(=O)N2CC(C)OC(C)C2)cc1)NCc1nc(C)c(C)o1. The van der Waals surface area contributed by atoms with Gasteiger partial charge in [0.15, 0.2) is 5.96 Å². The van der Waals surface area contributed by atoms with Gasteiger partial charge in [-0.3, -0.25) is 9.79 Å². The van der Waals surface area contributed by atoms with Gasteiger partial charge >= 0.3 is 0 Å². The van der Waals surface area contributed by atoms with Crippen LogP contribution >= 0.6 is 0 Å². The van der Waals surface area contributed by atoms with E-state index in [1.807, 2.05) is 56.9 Å². The van der Waals surface area contributed by atoms with Gasteiger partial charge in [0.2, 0.25) is 5.89 Å². The summed E-state index contributed by atoms with van der Waals surface area (Å²) < 4.78 is 11.3. The molecule has 0 aliphatic carbocycles. The van der Waals surface area contributed by atoms with Crippen LogP contribution in [-0.4, -0.2) is 54.1 Å². The van der Waals surface area contributed by atoms with Crippen LogP contribution in [0.15, 0.2) is 33.7 Å². The maximum Gasteiger partial charge on any atom is 0.254 e. The van der Waals surface area contributed by atoms with E-state index in [-0.39, 0.29) is 18.1 Å². The predicted molar refractivity (Wildman–Crippen MR) is 115 cm³/mol. The number of carbonyl (C=O) groups excluding carboxylic acids is 1. The second kappa shape index (κ2) is 9.75. The first kappa shape index (κ1) is 21.8. The number of aromatic nitrogens is 1. The normalized spacial score (nSPS) is 19.6. The van der Waals surface area contributed by atoms with Gasteiger partial charge in [0, 0.05) is 32.2 Å². The Morgan fingerprint density at radius 2 is 1.77 bits per heavy atom. The molecule has 0 saturated carbocycles. The van der Waals surface area contributed by atoms with Crippen molar-refractivity contribution in [2.24, 2.45) is 4.99 Å². The number of nitrogens with zero attached hydrogens (tertiary/aromatic N) is 3. The number of nitrogens with one attached hydrogen (secondary N) is 2. The number of oxazole rings is 1. The van der Waals surface area contributed by atoms with Crippen molar-refractivity contribution >= 4 is 11.9 Å². The smallest absolute Gasteiger partial charge is 0.254 e. The third kappa shape index (κ3) is 5.60. The van der Waals surface area contributed by atoms with Crippen molar-refractivity contribution in [3.8, 4) is 0 Å². The lowest BCUT2D eigenvalue weighted by Crippen LogP contribution is -2.48. The zero-order chi connectivity index (χ0) is 21.7. The molecule has 30 heavy (non-hydrogen) atoms. The first-order valence-electron chi connectivity index (χ1n) is 10.3. The lowest BCUT2D eigenvalue weighted by atomic mass is 10.1. The molecule has 0 bridgehead atoms. The largest absolute Gasteiger partial charge is 0.444 e. The molecule has 1 fully saturated rings. The average Bonchev–Trinajstić information content (AvgIpc) is 3.04. The number of carbonyl (C=O) groups is 1. The fourth-order valence-corrected chi connectivity index (χ4v) is 3.47. The number of amides is 1. The molecule has 8 nitrogen and oxygen atoms in total. The molecule has 2 N–H and O–H groups in total. The minimum absolute atomic E-state index is 0.0468. The summed E-state index contributed by atoms with van der Waals surface area (Å²) in [6, 6.07) is 7.67. The van der Waals surface area contributed by atoms with Crippen LogP contribution in [-0.2, 0) is 17.8 Å². The van der Waals surface area contributed by atoms with Crippen LogP contribution in [0.25, 0.3) is 0 Å². The van der Waals surface area contributed by atoms with Crippen LogP contribution < -0.4 is 10.6 Å². The van der Waals surface area contributed by atoms with Crippen molar-refractivity contribution in [2.75, 3.05) is 20.1 Å². The van der Waals surface area contributed by atoms with Crippen molar-refractivity contribution in [1.29, 1.82) is 0 Å². The molecule has 2 unspecified atom stereocenters. The maximum atomic E-state index is 12.8. The van der Waals surface area contributed by atoms with E-state index in [1.165, 1.54) is 0 Å². The fourth-order valence-electron chi connectivity index (χ4n) is 3.47. The van der Waals surface area contributed by atoms with E-state index in [0.717, 1.165) is 17.0 Å². The Morgan fingerprint density at radius 3 is 2.33 bits per heavy atom. The Balaban J connectivity index is 1.51. The summed E-state index contributed by atoms with van der Waals surface area (Å²) in [5.74, 6) is 2.15. The molecule has 1 aliphatic heterocycles. The Labute approximate surface area is 177 Å². The van der Waals surface area contributed by atoms with Gasteiger partial charge < -0.3 is 24.7 Å². The first-order chi connectivity index (χ1) is 14.4. The number of rotatable bonds is 5. The fraction of sp³-hybridized carbons (Fsp3) is 0.500. The van der Waals surface area contributed by atoms with E-state index in [9.17, 15) is 4.79 Å². The average molecular weight is 414 g/mol. The van der Waals surface area contributed by atoms with Gasteiger partial charge in [-0.05, 0) is 45.4 Å². The molecule has 1 aliphatic rings. The predicted octanol–water partition coefficient (Wildman–Crippen LogP) is 2.41.